The molecule has 3 aromatic heterocycles. The van der Waals surface area contributed by atoms with Gasteiger partial charge in [0.2, 0.25) is 5.78 Å². The van der Waals surface area contributed by atoms with Crippen molar-refractivity contribution >= 4 is 46.0 Å². The van der Waals surface area contributed by atoms with Crippen molar-refractivity contribution in [1.29, 1.82) is 0 Å². The zero-order valence-corrected chi connectivity index (χ0v) is 30.9. The van der Waals surface area contributed by atoms with Crippen LogP contribution in [0.4, 0.5) is 0 Å². The van der Waals surface area contributed by atoms with E-state index in [1.807, 2.05) is 54.8 Å². The van der Waals surface area contributed by atoms with E-state index in [1.54, 1.807) is 46.9 Å². The van der Waals surface area contributed by atoms with Crippen LogP contribution in [-0.4, -0.2) is 52.3 Å². The van der Waals surface area contributed by atoms with Gasteiger partial charge in [-0.1, -0.05) is 86.1 Å². The molecule has 7 rings (SSSR count). The van der Waals surface area contributed by atoms with E-state index in [0.29, 0.717) is 50.8 Å². The van der Waals surface area contributed by atoms with E-state index in [1.165, 1.54) is 21.9 Å². The second-order valence-corrected chi connectivity index (χ2v) is 14.6. The number of fused-ring (bicyclic) bond motifs is 3. The Labute approximate surface area is 309 Å². The van der Waals surface area contributed by atoms with E-state index < -0.39 is 5.97 Å². The predicted molar refractivity (Wildman–Crippen MR) is 203 cm³/mol. The molecule has 0 atom stereocenters. The van der Waals surface area contributed by atoms with Gasteiger partial charge in [-0.15, -0.1) is 20.4 Å². The Morgan fingerprint density at radius 2 is 1.54 bits per heavy atom. The monoisotopic (exact) mass is 733 g/mol. The summed E-state index contributed by atoms with van der Waals surface area (Å²) in [5.41, 5.74) is 4.91. The van der Waals surface area contributed by atoms with E-state index in [-0.39, 0.29) is 29.1 Å². The maximum Gasteiger partial charge on any atom is 0.316 e. The summed E-state index contributed by atoms with van der Waals surface area (Å²) >= 11 is 7.60. The number of thioether (sulfide) groups is 1. The summed E-state index contributed by atoms with van der Waals surface area (Å²) in [5, 5.41) is 19.1. The number of rotatable bonds is 10. The van der Waals surface area contributed by atoms with Gasteiger partial charge >= 0.3 is 5.97 Å². The van der Waals surface area contributed by atoms with Crippen LogP contribution < -0.4 is 10.3 Å². The highest BCUT2D eigenvalue weighted by Gasteiger charge is 2.22. The van der Waals surface area contributed by atoms with Gasteiger partial charge in [-0.05, 0) is 79.4 Å². The fourth-order valence-electron chi connectivity index (χ4n) is 5.87. The first-order valence-corrected chi connectivity index (χ1v) is 18.1. The van der Waals surface area contributed by atoms with Crippen molar-refractivity contribution < 1.29 is 14.3 Å². The van der Waals surface area contributed by atoms with Gasteiger partial charge in [-0.25, -0.2) is 4.57 Å². The van der Waals surface area contributed by atoms with Crippen LogP contribution in [0.15, 0.2) is 101 Å². The third-order valence-electron chi connectivity index (χ3n) is 8.57. The Bertz CT molecular complexity index is 2470. The fourth-order valence-corrected chi connectivity index (χ4v) is 6.79. The molecule has 0 aliphatic heterocycles. The fraction of sp³-hybridized carbons (Fsp3) is 0.231. The molecular weight excluding hydrogens is 698 g/mol. The molecule has 4 aromatic carbocycles. The Morgan fingerprint density at radius 3 is 2.23 bits per heavy atom. The largest absolute Gasteiger partial charge is 0.494 e. The lowest BCUT2D eigenvalue weighted by atomic mass is 9.87. The summed E-state index contributed by atoms with van der Waals surface area (Å²) < 4.78 is 16.4. The van der Waals surface area contributed by atoms with Crippen LogP contribution >= 0.6 is 23.4 Å². The minimum absolute atomic E-state index is 0.0136. The smallest absolute Gasteiger partial charge is 0.316 e. The molecule has 0 amide bonds. The van der Waals surface area contributed by atoms with Crippen molar-refractivity contribution in [2.75, 3.05) is 12.4 Å². The highest BCUT2D eigenvalue weighted by atomic mass is 35.5. The molecule has 0 saturated carbocycles. The van der Waals surface area contributed by atoms with E-state index >= 15 is 0 Å². The molecule has 3 heterocycles. The number of carbonyl (C=O) groups excluding carboxylic acids is 1. The van der Waals surface area contributed by atoms with Crippen LogP contribution in [0.1, 0.15) is 44.6 Å². The molecule has 264 valence electrons. The third-order valence-corrected chi connectivity index (χ3v) is 9.71. The van der Waals surface area contributed by atoms with Crippen molar-refractivity contribution in [1.82, 2.24) is 33.9 Å². The van der Waals surface area contributed by atoms with Gasteiger partial charge in [0.05, 0.1) is 29.0 Å². The number of aromatic nitrogens is 7. The molecule has 0 fully saturated rings. The lowest BCUT2D eigenvalue weighted by Crippen LogP contribution is -2.22. The molecule has 7 aromatic rings. The second kappa shape index (κ2) is 14.3. The number of hydrogen-bond acceptors (Lipinski definition) is 9. The van der Waals surface area contributed by atoms with E-state index in [4.69, 9.17) is 21.1 Å². The van der Waals surface area contributed by atoms with E-state index in [9.17, 15) is 9.59 Å². The van der Waals surface area contributed by atoms with Crippen LogP contribution in [0.3, 0.4) is 0 Å². The molecule has 52 heavy (non-hydrogen) atoms. The number of halogens is 1. The number of aryl methyl sites for hydroxylation is 1. The van der Waals surface area contributed by atoms with E-state index in [2.05, 4.69) is 53.3 Å². The zero-order chi connectivity index (χ0) is 36.6. The molecule has 11 nitrogen and oxygen atoms in total. The highest BCUT2D eigenvalue weighted by molar-refractivity contribution is 7.99. The molecule has 0 aliphatic rings. The second-order valence-electron chi connectivity index (χ2n) is 13.2. The van der Waals surface area contributed by atoms with Gasteiger partial charge in [-0.3, -0.25) is 18.6 Å². The molecule has 0 spiro atoms. The number of esters is 1. The number of ether oxygens (including phenoxy) is 2. The molecule has 0 unspecified atom stereocenters. The van der Waals surface area contributed by atoms with Gasteiger partial charge in [0.25, 0.3) is 5.56 Å². The SMILES string of the molecule is CCOc1ccc(-n2c(=O)c3ccc(Cl)cc3n3c(COC(=O)CSc4nnc(-c5ccc(C(C)(C)C)cc5)n4-c4ccc(C)cc4)nnc23)cc1. The molecular formula is C39H36ClN7O4S. The van der Waals surface area contributed by atoms with Crippen molar-refractivity contribution in [3.8, 4) is 28.5 Å². The highest BCUT2D eigenvalue weighted by Crippen LogP contribution is 2.31. The van der Waals surface area contributed by atoms with Gasteiger partial charge in [0, 0.05) is 16.3 Å². The van der Waals surface area contributed by atoms with Gasteiger partial charge in [-0.2, -0.15) is 0 Å². The average molecular weight is 734 g/mol. The van der Waals surface area contributed by atoms with Gasteiger partial charge in [0.15, 0.2) is 23.4 Å². The van der Waals surface area contributed by atoms with Crippen LogP contribution in [0, 0.1) is 6.92 Å². The summed E-state index contributed by atoms with van der Waals surface area (Å²) in [4.78, 5) is 27.0. The number of benzene rings is 4. The molecule has 0 N–H and O–H groups in total. The maximum absolute atomic E-state index is 13.8. The normalized spacial score (nSPS) is 11.7. The Hall–Kier alpha value is -5.46. The number of carbonyl (C=O) groups is 1. The molecule has 0 bridgehead atoms. The first-order chi connectivity index (χ1) is 25.0. The number of hydrogen-bond donors (Lipinski definition) is 0. The van der Waals surface area contributed by atoms with Crippen LogP contribution in [0.2, 0.25) is 5.02 Å². The standard InChI is InChI=1S/C39H36ClN7O4S/c1-6-50-30-18-16-29(17-19-30)46-36(49)31-20-13-27(40)21-32(31)47-33(41-43-37(46)47)22-51-34(48)23-52-38-44-42-35(45(38)28-14-7-24(2)8-15-28)25-9-11-26(12-10-25)39(3,4)5/h7-21H,6,22-23H2,1-5H3. The van der Waals surface area contributed by atoms with Crippen molar-refractivity contribution in [3.05, 3.63) is 123 Å². The lowest BCUT2D eigenvalue weighted by Gasteiger charge is -2.19. The Kier molecular flexibility index (Phi) is 9.60. The third kappa shape index (κ3) is 6.91. The topological polar surface area (TPSA) is 118 Å². The molecule has 0 aliphatic carbocycles. The first kappa shape index (κ1) is 35.0. The van der Waals surface area contributed by atoms with Crippen molar-refractivity contribution in [2.24, 2.45) is 0 Å². The van der Waals surface area contributed by atoms with Crippen LogP contribution in [0.5, 0.6) is 5.75 Å². The summed E-state index contributed by atoms with van der Waals surface area (Å²) in [5.74, 6) is 1.39. The lowest BCUT2D eigenvalue weighted by molar-refractivity contribution is -0.141. The van der Waals surface area contributed by atoms with Crippen LogP contribution in [0.25, 0.3) is 39.4 Å². The summed E-state index contributed by atoms with van der Waals surface area (Å²) in [7, 11) is 0. The maximum atomic E-state index is 13.8. The minimum atomic E-state index is -0.488. The quantitative estimate of drug-likeness (QED) is 0.103. The van der Waals surface area contributed by atoms with Crippen molar-refractivity contribution in [3.63, 3.8) is 0 Å². The predicted octanol–water partition coefficient (Wildman–Crippen LogP) is 7.77. The Morgan fingerprint density at radius 1 is 0.846 bits per heavy atom. The minimum Gasteiger partial charge on any atom is -0.494 e. The number of nitrogens with zero attached hydrogens (tertiary/aromatic N) is 7. The Balaban J connectivity index is 1.16. The summed E-state index contributed by atoms with van der Waals surface area (Å²) in [6.07, 6.45) is 0. The van der Waals surface area contributed by atoms with Gasteiger partial charge in [0.1, 0.15) is 5.75 Å². The molecule has 0 saturated heterocycles. The van der Waals surface area contributed by atoms with Crippen LogP contribution in [-0.2, 0) is 21.6 Å². The summed E-state index contributed by atoms with van der Waals surface area (Å²) in [6, 6.07) is 28.5. The average Bonchev–Trinajstić information content (AvgIpc) is 3.75. The molecule has 0 radical (unpaired) electrons. The first-order valence-electron chi connectivity index (χ1n) is 16.7. The van der Waals surface area contributed by atoms with Crippen molar-refractivity contribution in [2.45, 2.75) is 51.8 Å². The van der Waals surface area contributed by atoms with E-state index in [0.717, 1.165) is 16.8 Å². The summed E-state index contributed by atoms with van der Waals surface area (Å²) in [6.45, 7) is 10.8. The van der Waals surface area contributed by atoms with Gasteiger partial charge < -0.3 is 9.47 Å². The zero-order valence-electron chi connectivity index (χ0n) is 29.3. The molecule has 13 heteroatoms.